The van der Waals surface area contributed by atoms with E-state index in [0.717, 1.165) is 12.8 Å². The molecule has 0 N–H and O–H groups in total. The summed E-state index contributed by atoms with van der Waals surface area (Å²) < 4.78 is 18.8. The molecule has 4 atom stereocenters. The van der Waals surface area contributed by atoms with Gasteiger partial charge in [0.2, 0.25) is 11.8 Å². The lowest BCUT2D eigenvalue weighted by atomic mass is 9.70. The Morgan fingerprint density at radius 1 is 1.48 bits per heavy atom. The highest BCUT2D eigenvalue weighted by Crippen LogP contribution is 2.56. The van der Waals surface area contributed by atoms with Crippen LogP contribution in [0.2, 0.25) is 0 Å². The summed E-state index contributed by atoms with van der Waals surface area (Å²) >= 11 is 0. The van der Waals surface area contributed by atoms with Crippen LogP contribution in [0.15, 0.2) is 4.52 Å². The van der Waals surface area contributed by atoms with Crippen LogP contribution in [0.3, 0.4) is 0 Å². The van der Waals surface area contributed by atoms with E-state index in [1.54, 1.807) is 6.92 Å². The molecular weight excluding hydrogens is 349 g/mol. The van der Waals surface area contributed by atoms with Crippen molar-refractivity contribution in [1.29, 1.82) is 5.26 Å². The molecule has 1 amide bonds. The van der Waals surface area contributed by atoms with E-state index >= 15 is 0 Å². The number of aryl methyl sites for hydroxylation is 1. The number of hydrogen-bond acceptors (Lipinski definition) is 6. The number of amides is 1. The molecule has 2 fully saturated rings. The van der Waals surface area contributed by atoms with Crippen LogP contribution in [0, 0.1) is 23.7 Å². The van der Waals surface area contributed by atoms with Gasteiger partial charge >= 0.3 is 0 Å². The van der Waals surface area contributed by atoms with Crippen LogP contribution in [-0.4, -0.2) is 63.7 Å². The average molecular weight is 377 g/mol. The first-order chi connectivity index (χ1) is 12.6. The lowest BCUT2D eigenvalue weighted by Gasteiger charge is -2.47. The van der Waals surface area contributed by atoms with E-state index in [1.807, 2.05) is 18.0 Å². The van der Waals surface area contributed by atoms with Gasteiger partial charge in [0.25, 0.3) is 0 Å². The molecule has 1 saturated carbocycles. The SMILES string of the molecule is Cc1nc([C@@H]2CC[C@@](C)(N(C)CC(=O)N3C[C@@H](F)C[C@H]3C#N)C2(C)C)no1. The summed E-state index contributed by atoms with van der Waals surface area (Å²) in [5.74, 6) is 1.20. The van der Waals surface area contributed by atoms with Crippen LogP contribution in [0.25, 0.3) is 0 Å². The lowest BCUT2D eigenvalue weighted by Crippen LogP contribution is -2.55. The fraction of sp³-hybridized carbons (Fsp3) is 0.789. The molecular formula is C19H28FN5O2. The zero-order valence-corrected chi connectivity index (χ0v) is 16.7. The minimum Gasteiger partial charge on any atom is -0.340 e. The van der Waals surface area contributed by atoms with Crippen molar-refractivity contribution in [1.82, 2.24) is 19.9 Å². The van der Waals surface area contributed by atoms with E-state index in [1.165, 1.54) is 4.90 Å². The number of aromatic nitrogens is 2. The largest absolute Gasteiger partial charge is 0.340 e. The predicted molar refractivity (Wildman–Crippen MR) is 96.5 cm³/mol. The Labute approximate surface area is 159 Å². The number of halogens is 1. The number of alkyl halides is 1. The topological polar surface area (TPSA) is 86.3 Å². The normalized spacial score (nSPS) is 32.8. The molecule has 2 heterocycles. The second-order valence-corrected chi connectivity index (χ2v) is 8.64. The lowest BCUT2D eigenvalue weighted by molar-refractivity contribution is -0.134. The van der Waals surface area contributed by atoms with E-state index in [9.17, 15) is 14.4 Å². The number of likely N-dealkylation sites (tertiary alicyclic amines) is 1. The number of nitriles is 1. The van der Waals surface area contributed by atoms with Crippen LogP contribution >= 0.6 is 0 Å². The molecule has 2 aliphatic rings. The van der Waals surface area contributed by atoms with Gasteiger partial charge in [0.15, 0.2) is 5.82 Å². The number of nitrogens with zero attached hydrogens (tertiary/aromatic N) is 5. The van der Waals surface area contributed by atoms with Crippen molar-refractivity contribution in [2.24, 2.45) is 5.41 Å². The van der Waals surface area contributed by atoms with Gasteiger partial charge in [-0.25, -0.2) is 4.39 Å². The zero-order chi connectivity index (χ0) is 20.0. The van der Waals surface area contributed by atoms with Gasteiger partial charge in [-0.1, -0.05) is 19.0 Å². The van der Waals surface area contributed by atoms with Gasteiger partial charge in [0.1, 0.15) is 12.2 Å². The summed E-state index contributed by atoms with van der Waals surface area (Å²) in [5.41, 5.74) is -0.459. The van der Waals surface area contributed by atoms with Crippen molar-refractivity contribution in [3.63, 3.8) is 0 Å². The molecule has 0 aromatic carbocycles. The third-order valence-corrected chi connectivity index (χ3v) is 6.97. The van der Waals surface area contributed by atoms with Crippen molar-refractivity contribution in [3.8, 4) is 6.07 Å². The maximum atomic E-state index is 13.7. The predicted octanol–water partition coefficient (Wildman–Crippen LogP) is 2.43. The summed E-state index contributed by atoms with van der Waals surface area (Å²) in [5, 5.41) is 13.3. The summed E-state index contributed by atoms with van der Waals surface area (Å²) in [6.07, 6.45) is 0.773. The Bertz CT molecular complexity index is 758. The van der Waals surface area contributed by atoms with Gasteiger partial charge in [-0.05, 0) is 32.2 Å². The summed E-state index contributed by atoms with van der Waals surface area (Å²) in [4.78, 5) is 20.6. The molecule has 1 aromatic rings. The third-order valence-electron chi connectivity index (χ3n) is 6.97. The molecule has 148 valence electrons. The Hall–Kier alpha value is -2.01. The van der Waals surface area contributed by atoms with E-state index in [4.69, 9.17) is 4.52 Å². The molecule has 7 nitrogen and oxygen atoms in total. The van der Waals surface area contributed by atoms with Crippen LogP contribution < -0.4 is 0 Å². The maximum absolute atomic E-state index is 13.7. The Kier molecular flexibility index (Phi) is 5.02. The van der Waals surface area contributed by atoms with Gasteiger partial charge in [-0.3, -0.25) is 9.69 Å². The number of hydrogen-bond donors (Lipinski definition) is 0. The molecule has 1 saturated heterocycles. The van der Waals surface area contributed by atoms with Gasteiger partial charge in [0.05, 0.1) is 19.2 Å². The maximum Gasteiger partial charge on any atom is 0.237 e. The molecule has 8 heteroatoms. The highest BCUT2D eigenvalue weighted by Gasteiger charge is 2.55. The Balaban J connectivity index is 1.75. The molecule has 0 bridgehead atoms. The molecule has 0 spiro atoms. The van der Waals surface area contributed by atoms with Crippen molar-refractivity contribution < 1.29 is 13.7 Å². The highest BCUT2D eigenvalue weighted by atomic mass is 19.1. The Morgan fingerprint density at radius 2 is 2.19 bits per heavy atom. The van der Waals surface area contributed by atoms with Crippen molar-refractivity contribution in [2.45, 2.75) is 70.6 Å². The number of carbonyl (C=O) groups is 1. The van der Waals surface area contributed by atoms with Gasteiger partial charge < -0.3 is 9.42 Å². The first-order valence-corrected chi connectivity index (χ1v) is 9.44. The van der Waals surface area contributed by atoms with Crippen LogP contribution in [-0.2, 0) is 4.79 Å². The highest BCUT2D eigenvalue weighted by molar-refractivity contribution is 5.79. The second-order valence-electron chi connectivity index (χ2n) is 8.64. The molecule has 3 rings (SSSR count). The van der Waals surface area contributed by atoms with E-state index in [2.05, 4.69) is 30.9 Å². The minimum atomic E-state index is -1.12. The Morgan fingerprint density at radius 3 is 2.78 bits per heavy atom. The van der Waals surface area contributed by atoms with Crippen LogP contribution in [0.1, 0.15) is 57.7 Å². The van der Waals surface area contributed by atoms with Crippen LogP contribution in [0.5, 0.6) is 0 Å². The number of rotatable bonds is 4. The van der Waals surface area contributed by atoms with E-state index in [-0.39, 0.29) is 42.3 Å². The third kappa shape index (κ3) is 3.22. The molecule has 0 unspecified atom stereocenters. The summed E-state index contributed by atoms with van der Waals surface area (Å²) in [6, 6.07) is 1.38. The average Bonchev–Trinajstić information content (AvgIpc) is 3.25. The molecule has 1 aromatic heterocycles. The summed E-state index contributed by atoms with van der Waals surface area (Å²) in [6.45, 7) is 8.43. The quantitative estimate of drug-likeness (QED) is 0.801. The molecule has 1 aliphatic carbocycles. The smallest absolute Gasteiger partial charge is 0.237 e. The van der Waals surface area contributed by atoms with Crippen LogP contribution in [0.4, 0.5) is 4.39 Å². The van der Waals surface area contributed by atoms with E-state index in [0.29, 0.717) is 11.7 Å². The zero-order valence-electron chi connectivity index (χ0n) is 16.7. The van der Waals surface area contributed by atoms with E-state index < -0.39 is 12.2 Å². The fourth-order valence-electron chi connectivity index (χ4n) is 4.73. The number of likely N-dealkylation sites (N-methyl/N-ethyl adjacent to an activating group) is 1. The second kappa shape index (κ2) is 6.86. The molecule has 1 aliphatic heterocycles. The standard InChI is InChI=1S/C19H28FN5O2/c1-12-22-17(23-27-12)15-6-7-19(4,18(15,2)3)24(5)11-16(26)25-10-13(20)8-14(25)9-21/h13-15H,6-8,10-11H2,1-5H3/t13-,14-,15-,19+/m0/s1. The monoisotopic (exact) mass is 377 g/mol. The van der Waals surface area contributed by atoms with Gasteiger partial charge in [-0.2, -0.15) is 10.2 Å². The summed E-state index contributed by atoms with van der Waals surface area (Å²) in [7, 11) is 1.92. The first-order valence-electron chi connectivity index (χ1n) is 9.44. The number of carbonyl (C=O) groups excluding carboxylic acids is 1. The van der Waals surface area contributed by atoms with Crippen molar-refractivity contribution in [2.75, 3.05) is 20.1 Å². The van der Waals surface area contributed by atoms with Crippen molar-refractivity contribution >= 4 is 5.91 Å². The first kappa shape index (κ1) is 19.7. The van der Waals surface area contributed by atoms with Gasteiger partial charge in [-0.15, -0.1) is 0 Å². The molecule has 27 heavy (non-hydrogen) atoms. The van der Waals surface area contributed by atoms with Crippen molar-refractivity contribution in [3.05, 3.63) is 11.7 Å². The fourth-order valence-corrected chi connectivity index (χ4v) is 4.73. The minimum absolute atomic E-state index is 0.00969. The molecule has 0 radical (unpaired) electrons. The van der Waals surface area contributed by atoms with Gasteiger partial charge in [0, 0.05) is 24.8 Å².